The minimum absolute atomic E-state index is 0.243. The van der Waals surface area contributed by atoms with Gasteiger partial charge in [-0.05, 0) is 71.4 Å². The van der Waals surface area contributed by atoms with Crippen molar-refractivity contribution in [2.24, 2.45) is 0 Å². The van der Waals surface area contributed by atoms with Crippen LogP contribution < -0.4 is 9.47 Å². The summed E-state index contributed by atoms with van der Waals surface area (Å²) in [6.07, 6.45) is 0.243. The van der Waals surface area contributed by atoms with Gasteiger partial charge in [-0.25, -0.2) is 0 Å². The van der Waals surface area contributed by atoms with E-state index in [2.05, 4.69) is 15.9 Å². The van der Waals surface area contributed by atoms with Crippen molar-refractivity contribution in [2.75, 3.05) is 20.8 Å². The highest BCUT2D eigenvalue weighted by atomic mass is 79.9. The van der Waals surface area contributed by atoms with Gasteiger partial charge in [0.25, 0.3) is 0 Å². The molecule has 3 aromatic rings. The van der Waals surface area contributed by atoms with Crippen molar-refractivity contribution in [3.05, 3.63) is 53.0 Å². The topological polar surface area (TPSA) is 62.6 Å². The Bertz CT molecular complexity index is 966. The molecular weight excluding hydrogens is 436 g/mol. The highest BCUT2D eigenvalue weighted by Crippen LogP contribution is 2.37. The third-order valence-corrected chi connectivity index (χ3v) is 5.21. The van der Waals surface area contributed by atoms with Gasteiger partial charge in [-0.2, -0.15) is 5.10 Å². The maximum atomic E-state index is 11.9. The number of esters is 1. The summed E-state index contributed by atoms with van der Waals surface area (Å²) in [6, 6.07) is 15.4. The zero-order valence-electron chi connectivity index (χ0n) is 16.6. The molecule has 0 unspecified atom stereocenters. The lowest BCUT2D eigenvalue weighted by Crippen LogP contribution is -2.10. The van der Waals surface area contributed by atoms with E-state index in [1.165, 1.54) is 0 Å². The lowest BCUT2D eigenvalue weighted by molar-refractivity contribution is -0.143. The molecule has 0 aliphatic carbocycles. The third-order valence-electron chi connectivity index (χ3n) is 4.45. The van der Waals surface area contributed by atoms with Crippen LogP contribution in [0.5, 0.6) is 11.5 Å². The molecule has 3 rings (SSSR count). The van der Waals surface area contributed by atoms with Crippen LogP contribution in [-0.4, -0.2) is 36.6 Å². The number of hydrogen-bond donors (Lipinski definition) is 0. The van der Waals surface area contributed by atoms with Crippen LogP contribution in [0.2, 0.25) is 0 Å². The molecule has 0 radical (unpaired) electrons. The molecular formula is C22H23BrN2O4. The molecule has 0 bridgehead atoms. The molecule has 0 aliphatic rings. The second-order valence-electron chi connectivity index (χ2n) is 6.25. The lowest BCUT2D eigenvalue weighted by Gasteiger charge is -2.09. The Kier molecular flexibility index (Phi) is 6.93. The number of nitrogens with zero attached hydrogens (tertiary/aromatic N) is 2. The van der Waals surface area contributed by atoms with Crippen molar-refractivity contribution in [1.82, 2.24) is 9.78 Å². The Morgan fingerprint density at radius 3 is 2.03 bits per heavy atom. The molecule has 0 saturated carbocycles. The summed E-state index contributed by atoms with van der Waals surface area (Å²) in [5, 5.41) is 4.78. The van der Waals surface area contributed by atoms with E-state index < -0.39 is 0 Å². The van der Waals surface area contributed by atoms with Crippen molar-refractivity contribution < 1.29 is 19.0 Å². The first-order chi connectivity index (χ1) is 14.1. The fourth-order valence-electron chi connectivity index (χ4n) is 2.99. The van der Waals surface area contributed by atoms with Crippen LogP contribution >= 0.6 is 15.9 Å². The van der Waals surface area contributed by atoms with Crippen LogP contribution in [0.1, 0.15) is 13.3 Å². The highest BCUT2D eigenvalue weighted by molar-refractivity contribution is 9.10. The molecule has 0 N–H and O–H groups in total. The van der Waals surface area contributed by atoms with Gasteiger partial charge >= 0.3 is 5.97 Å². The van der Waals surface area contributed by atoms with Gasteiger partial charge in [0, 0.05) is 11.1 Å². The molecule has 0 spiro atoms. The van der Waals surface area contributed by atoms with Crippen molar-refractivity contribution in [1.29, 1.82) is 0 Å². The van der Waals surface area contributed by atoms with Crippen molar-refractivity contribution in [3.63, 3.8) is 0 Å². The van der Waals surface area contributed by atoms with Gasteiger partial charge in [-0.1, -0.05) is 0 Å². The van der Waals surface area contributed by atoms with Gasteiger partial charge in [0.2, 0.25) is 0 Å². The molecule has 2 aromatic carbocycles. The number of ether oxygens (including phenoxy) is 3. The maximum Gasteiger partial charge on any atom is 0.307 e. The molecule has 152 valence electrons. The number of methoxy groups -OCH3 is 2. The number of rotatable bonds is 8. The Morgan fingerprint density at radius 1 is 0.966 bits per heavy atom. The number of benzene rings is 2. The summed E-state index contributed by atoms with van der Waals surface area (Å²) >= 11 is 3.72. The first kappa shape index (κ1) is 20.9. The number of carbonyl (C=O) groups is 1. The van der Waals surface area contributed by atoms with E-state index in [9.17, 15) is 4.79 Å². The summed E-state index contributed by atoms with van der Waals surface area (Å²) in [4.78, 5) is 11.9. The molecule has 1 aromatic heterocycles. The Balaban J connectivity index is 2.02. The molecule has 7 heteroatoms. The normalized spacial score (nSPS) is 10.6. The Labute approximate surface area is 178 Å². The quantitative estimate of drug-likeness (QED) is 0.446. The van der Waals surface area contributed by atoms with Gasteiger partial charge in [0.05, 0.1) is 44.0 Å². The zero-order chi connectivity index (χ0) is 20.8. The molecule has 0 fully saturated rings. The summed E-state index contributed by atoms with van der Waals surface area (Å²) in [7, 11) is 3.27. The highest BCUT2D eigenvalue weighted by Gasteiger charge is 2.19. The molecule has 0 saturated heterocycles. The average Bonchev–Trinajstić information content (AvgIpc) is 3.08. The monoisotopic (exact) mass is 458 g/mol. The number of halogens is 1. The minimum atomic E-state index is -0.245. The van der Waals surface area contributed by atoms with Crippen LogP contribution in [0.3, 0.4) is 0 Å². The summed E-state index contributed by atoms with van der Waals surface area (Å²) < 4.78 is 18.3. The molecule has 0 atom stereocenters. The van der Waals surface area contributed by atoms with Crippen molar-refractivity contribution in [2.45, 2.75) is 19.9 Å². The molecule has 29 heavy (non-hydrogen) atoms. The lowest BCUT2D eigenvalue weighted by atomic mass is 10.1. The maximum absolute atomic E-state index is 11.9. The number of carbonyl (C=O) groups excluding carboxylic acids is 1. The average molecular weight is 459 g/mol. The van der Waals surface area contributed by atoms with E-state index in [1.807, 2.05) is 53.2 Å². The minimum Gasteiger partial charge on any atom is -0.497 e. The van der Waals surface area contributed by atoms with Crippen LogP contribution in [0.15, 0.2) is 53.0 Å². The fraction of sp³-hybridized carbons (Fsp3) is 0.273. The number of hydrogen-bond acceptors (Lipinski definition) is 5. The van der Waals surface area contributed by atoms with E-state index in [-0.39, 0.29) is 12.4 Å². The predicted molar refractivity (Wildman–Crippen MR) is 115 cm³/mol. The second kappa shape index (κ2) is 9.60. The first-order valence-corrected chi connectivity index (χ1v) is 10.1. The molecule has 0 aliphatic heterocycles. The van der Waals surface area contributed by atoms with Crippen molar-refractivity contribution >= 4 is 21.9 Å². The van der Waals surface area contributed by atoms with E-state index in [0.29, 0.717) is 13.2 Å². The summed E-state index contributed by atoms with van der Waals surface area (Å²) in [5.74, 6) is 1.31. The summed E-state index contributed by atoms with van der Waals surface area (Å²) in [5.41, 5.74) is 3.60. The van der Waals surface area contributed by atoms with Crippen LogP contribution in [0.25, 0.3) is 22.5 Å². The van der Waals surface area contributed by atoms with Gasteiger partial charge in [-0.3, -0.25) is 9.48 Å². The predicted octanol–water partition coefficient (Wildman–Crippen LogP) is 4.95. The van der Waals surface area contributed by atoms with Crippen LogP contribution in [-0.2, 0) is 16.1 Å². The summed E-state index contributed by atoms with van der Waals surface area (Å²) in [6.45, 7) is 2.58. The third kappa shape index (κ3) is 4.79. The fourth-order valence-corrected chi connectivity index (χ4v) is 3.73. The van der Waals surface area contributed by atoms with Crippen LogP contribution in [0, 0.1) is 0 Å². The Hall–Kier alpha value is -2.80. The Morgan fingerprint density at radius 2 is 1.52 bits per heavy atom. The van der Waals surface area contributed by atoms with Gasteiger partial charge in [0.15, 0.2) is 0 Å². The van der Waals surface area contributed by atoms with Crippen molar-refractivity contribution in [3.8, 4) is 34.0 Å². The van der Waals surface area contributed by atoms with E-state index in [0.717, 1.165) is 38.5 Å². The number of aryl methyl sites for hydroxylation is 1. The SMILES string of the molecule is CCOC(=O)CCn1nc(-c2ccc(OC)cc2)c(Br)c1-c1ccc(OC)cc1. The van der Waals surface area contributed by atoms with Gasteiger partial charge in [0.1, 0.15) is 17.2 Å². The van der Waals surface area contributed by atoms with Gasteiger partial charge in [-0.15, -0.1) is 0 Å². The zero-order valence-corrected chi connectivity index (χ0v) is 18.2. The molecule has 0 amide bonds. The van der Waals surface area contributed by atoms with Gasteiger partial charge < -0.3 is 14.2 Å². The number of aromatic nitrogens is 2. The molecule has 6 nitrogen and oxygen atoms in total. The second-order valence-corrected chi connectivity index (χ2v) is 7.04. The van der Waals surface area contributed by atoms with E-state index in [1.54, 1.807) is 21.1 Å². The standard InChI is InChI=1S/C22H23BrN2O4/c1-4-29-19(26)13-14-25-22(16-7-11-18(28-3)12-8-16)20(23)21(24-25)15-5-9-17(27-2)10-6-15/h5-12H,4,13-14H2,1-3H3. The largest absolute Gasteiger partial charge is 0.497 e. The smallest absolute Gasteiger partial charge is 0.307 e. The van der Waals surface area contributed by atoms with E-state index in [4.69, 9.17) is 19.3 Å². The first-order valence-electron chi connectivity index (χ1n) is 9.28. The van der Waals surface area contributed by atoms with E-state index >= 15 is 0 Å². The molecule has 1 heterocycles. The van der Waals surface area contributed by atoms with Crippen LogP contribution in [0.4, 0.5) is 0 Å².